The van der Waals surface area contributed by atoms with Crippen LogP contribution in [0.1, 0.15) is 16.8 Å². The number of nitrogens with zero attached hydrogens (tertiary/aromatic N) is 3. The molecule has 10 heteroatoms. The lowest BCUT2D eigenvalue weighted by atomic mass is 10.1. The molecular formula is C20H21FN4O4S. The summed E-state index contributed by atoms with van der Waals surface area (Å²) in [5.74, 6) is -1.83. The molecule has 0 aromatic heterocycles. The van der Waals surface area contributed by atoms with E-state index in [0.717, 1.165) is 37.4 Å². The highest BCUT2D eigenvalue weighted by molar-refractivity contribution is 7.92. The van der Waals surface area contributed by atoms with Gasteiger partial charge in [-0.1, -0.05) is 0 Å². The molecule has 2 aromatic rings. The first-order valence-electron chi connectivity index (χ1n) is 9.30. The van der Waals surface area contributed by atoms with E-state index in [9.17, 15) is 22.7 Å². The van der Waals surface area contributed by atoms with Crippen LogP contribution in [0, 0.1) is 17.1 Å². The number of hydrogen-bond acceptors (Lipinski definition) is 6. The fourth-order valence-electron chi connectivity index (χ4n) is 3.25. The van der Waals surface area contributed by atoms with Crippen LogP contribution in [0.5, 0.6) is 0 Å². The quantitative estimate of drug-likeness (QED) is 0.690. The number of aromatic carboxylic acids is 1. The number of sulfonamides is 1. The van der Waals surface area contributed by atoms with Crippen molar-refractivity contribution in [2.75, 3.05) is 42.3 Å². The van der Waals surface area contributed by atoms with E-state index in [2.05, 4.69) is 15.7 Å². The minimum absolute atomic E-state index is 0.0665. The van der Waals surface area contributed by atoms with Crippen molar-refractivity contribution in [2.24, 2.45) is 0 Å². The number of benzene rings is 2. The van der Waals surface area contributed by atoms with Gasteiger partial charge in [0.05, 0.1) is 22.2 Å². The number of nitrogens with one attached hydrogen (secondary N) is 1. The van der Waals surface area contributed by atoms with E-state index < -0.39 is 21.8 Å². The summed E-state index contributed by atoms with van der Waals surface area (Å²) in [6, 6.07) is 10.9. The van der Waals surface area contributed by atoms with Crippen LogP contribution >= 0.6 is 0 Å². The Bertz CT molecular complexity index is 1060. The standard InChI is InChI=1S/C20H21FN4O4S/c21-15-2-5-17(6-3-15)30(28,29)23-19-7-4-16(14-18(19)20(26)27)25-12-10-24(11-13-25)9-1-8-22/h2-7,14,23H,1,9-13H2,(H,26,27). The second kappa shape index (κ2) is 9.11. The summed E-state index contributed by atoms with van der Waals surface area (Å²) in [7, 11) is -4.07. The maximum absolute atomic E-state index is 13.1. The van der Waals surface area contributed by atoms with Crippen LogP contribution in [0.25, 0.3) is 0 Å². The second-order valence-corrected chi connectivity index (χ2v) is 8.51. The molecule has 0 amide bonds. The summed E-state index contributed by atoms with van der Waals surface area (Å²) >= 11 is 0. The minimum Gasteiger partial charge on any atom is -0.478 e. The largest absolute Gasteiger partial charge is 0.478 e. The lowest BCUT2D eigenvalue weighted by Crippen LogP contribution is -2.46. The van der Waals surface area contributed by atoms with Crippen molar-refractivity contribution in [3.63, 3.8) is 0 Å². The molecule has 1 saturated heterocycles. The number of nitriles is 1. The molecule has 158 valence electrons. The Balaban J connectivity index is 1.78. The first kappa shape index (κ1) is 21.5. The molecule has 30 heavy (non-hydrogen) atoms. The van der Waals surface area contributed by atoms with E-state index >= 15 is 0 Å². The van der Waals surface area contributed by atoms with Gasteiger partial charge in [0.25, 0.3) is 10.0 Å². The molecule has 1 aliphatic rings. The number of anilines is 2. The third kappa shape index (κ3) is 5.06. The highest BCUT2D eigenvalue weighted by Crippen LogP contribution is 2.26. The minimum atomic E-state index is -4.07. The number of carbonyl (C=O) groups is 1. The lowest BCUT2D eigenvalue weighted by molar-refractivity contribution is 0.0698. The fraction of sp³-hybridized carbons (Fsp3) is 0.300. The molecule has 1 fully saturated rings. The first-order chi connectivity index (χ1) is 14.3. The molecule has 0 saturated carbocycles. The highest BCUT2D eigenvalue weighted by atomic mass is 32.2. The zero-order valence-corrected chi connectivity index (χ0v) is 16.9. The Labute approximate surface area is 174 Å². The molecule has 0 radical (unpaired) electrons. The van der Waals surface area contributed by atoms with E-state index in [1.165, 1.54) is 12.1 Å². The average Bonchev–Trinajstić information content (AvgIpc) is 2.73. The highest BCUT2D eigenvalue weighted by Gasteiger charge is 2.22. The van der Waals surface area contributed by atoms with Gasteiger partial charge in [-0.25, -0.2) is 17.6 Å². The molecule has 1 heterocycles. The van der Waals surface area contributed by atoms with Crippen molar-refractivity contribution >= 4 is 27.4 Å². The van der Waals surface area contributed by atoms with Gasteiger partial charge in [-0.3, -0.25) is 9.62 Å². The fourth-order valence-corrected chi connectivity index (χ4v) is 4.33. The Morgan fingerprint density at radius 3 is 2.40 bits per heavy atom. The molecule has 0 unspecified atom stereocenters. The van der Waals surface area contributed by atoms with Gasteiger partial charge in [0.15, 0.2) is 0 Å². The maximum atomic E-state index is 13.1. The normalized spacial score (nSPS) is 14.9. The van der Waals surface area contributed by atoms with Crippen LogP contribution in [0.2, 0.25) is 0 Å². The topological polar surface area (TPSA) is 114 Å². The smallest absolute Gasteiger partial charge is 0.337 e. The summed E-state index contributed by atoms with van der Waals surface area (Å²) in [4.78, 5) is 15.8. The molecule has 1 aliphatic heterocycles. The second-order valence-electron chi connectivity index (χ2n) is 6.83. The SMILES string of the molecule is N#CCCN1CCN(c2ccc(NS(=O)(=O)c3ccc(F)cc3)c(C(=O)O)c2)CC1. The van der Waals surface area contributed by atoms with Crippen molar-refractivity contribution in [1.82, 2.24) is 4.90 Å². The number of hydrogen-bond donors (Lipinski definition) is 2. The zero-order chi connectivity index (χ0) is 21.7. The van der Waals surface area contributed by atoms with E-state index in [0.29, 0.717) is 31.7 Å². The molecule has 0 atom stereocenters. The Hall–Kier alpha value is -3.16. The number of carboxylic acids is 1. The monoisotopic (exact) mass is 432 g/mol. The average molecular weight is 432 g/mol. The lowest BCUT2D eigenvalue weighted by Gasteiger charge is -2.36. The van der Waals surface area contributed by atoms with Gasteiger partial charge in [0, 0.05) is 44.8 Å². The molecule has 0 bridgehead atoms. The number of carboxylic acid groups (broad SMARTS) is 1. The summed E-state index contributed by atoms with van der Waals surface area (Å²) in [6.07, 6.45) is 0.464. The van der Waals surface area contributed by atoms with Crippen molar-refractivity contribution in [3.05, 3.63) is 53.8 Å². The van der Waals surface area contributed by atoms with Gasteiger partial charge in [-0.15, -0.1) is 0 Å². The molecule has 0 aliphatic carbocycles. The van der Waals surface area contributed by atoms with Crippen molar-refractivity contribution in [2.45, 2.75) is 11.3 Å². The van der Waals surface area contributed by atoms with E-state index in [4.69, 9.17) is 5.26 Å². The van der Waals surface area contributed by atoms with Crippen molar-refractivity contribution in [1.29, 1.82) is 5.26 Å². The Morgan fingerprint density at radius 2 is 1.80 bits per heavy atom. The van der Waals surface area contributed by atoms with Gasteiger partial charge in [-0.05, 0) is 42.5 Å². The molecular weight excluding hydrogens is 411 g/mol. The third-order valence-electron chi connectivity index (χ3n) is 4.88. The molecule has 0 spiro atoms. The van der Waals surface area contributed by atoms with Gasteiger partial charge in [-0.2, -0.15) is 5.26 Å². The van der Waals surface area contributed by atoms with Gasteiger partial charge in [0.1, 0.15) is 5.82 Å². The predicted octanol–water partition coefficient (Wildman–Crippen LogP) is 2.36. The zero-order valence-electron chi connectivity index (χ0n) is 16.1. The molecule has 2 aromatic carbocycles. The first-order valence-corrected chi connectivity index (χ1v) is 10.8. The van der Waals surface area contributed by atoms with E-state index in [1.807, 2.05) is 4.90 Å². The van der Waals surface area contributed by atoms with Crippen molar-refractivity contribution < 1.29 is 22.7 Å². The van der Waals surface area contributed by atoms with Crippen LogP contribution in [0.4, 0.5) is 15.8 Å². The molecule has 2 N–H and O–H groups in total. The number of halogens is 1. The van der Waals surface area contributed by atoms with E-state index in [1.54, 1.807) is 6.07 Å². The molecule has 8 nitrogen and oxygen atoms in total. The summed E-state index contributed by atoms with van der Waals surface area (Å²) in [5, 5.41) is 18.3. The van der Waals surface area contributed by atoms with Crippen LogP contribution in [0.3, 0.4) is 0 Å². The summed E-state index contributed by atoms with van der Waals surface area (Å²) in [5.41, 5.74) is 0.436. The van der Waals surface area contributed by atoms with Crippen LogP contribution < -0.4 is 9.62 Å². The predicted molar refractivity (Wildman–Crippen MR) is 109 cm³/mol. The van der Waals surface area contributed by atoms with Gasteiger partial charge in [0.2, 0.25) is 0 Å². The van der Waals surface area contributed by atoms with Crippen LogP contribution in [0.15, 0.2) is 47.4 Å². The van der Waals surface area contributed by atoms with E-state index in [-0.39, 0.29) is 16.1 Å². The third-order valence-corrected chi connectivity index (χ3v) is 6.26. The van der Waals surface area contributed by atoms with Gasteiger partial charge < -0.3 is 10.0 Å². The van der Waals surface area contributed by atoms with Crippen LogP contribution in [-0.2, 0) is 10.0 Å². The Kier molecular flexibility index (Phi) is 6.54. The molecule has 3 rings (SSSR count). The Morgan fingerprint density at radius 1 is 1.13 bits per heavy atom. The number of rotatable bonds is 7. The van der Waals surface area contributed by atoms with Crippen molar-refractivity contribution in [3.8, 4) is 6.07 Å². The number of piperazine rings is 1. The van der Waals surface area contributed by atoms with Gasteiger partial charge >= 0.3 is 5.97 Å². The maximum Gasteiger partial charge on any atom is 0.337 e. The van der Waals surface area contributed by atoms with Crippen LogP contribution in [-0.4, -0.2) is 57.1 Å². The summed E-state index contributed by atoms with van der Waals surface area (Å²) in [6.45, 7) is 3.55. The summed E-state index contributed by atoms with van der Waals surface area (Å²) < 4.78 is 40.4.